The summed E-state index contributed by atoms with van der Waals surface area (Å²) < 4.78 is 0. The molecule has 24 nitrogen and oxygen atoms in total. The Bertz CT molecular complexity index is 390. The smallest absolute Gasteiger partial charge is 1.00 e. The third-order valence-electron chi connectivity index (χ3n) is 0.116. The van der Waals surface area contributed by atoms with Crippen molar-refractivity contribution >= 4 is 395 Å². The van der Waals surface area contributed by atoms with Crippen molar-refractivity contribution in [3.63, 3.8) is 0 Å². The van der Waals surface area contributed by atoms with Crippen molar-refractivity contribution in [3.05, 3.63) is 0 Å². The molecule has 0 rings (SSSR count). The number of aliphatic hydroxyl groups excluding tert-OH is 1. The van der Waals surface area contributed by atoms with Crippen LogP contribution in [0.15, 0.2) is 0 Å². The van der Waals surface area contributed by atoms with Crippen LogP contribution in [-0.4, -0.2) is 415 Å². The quantitative estimate of drug-likeness (QED) is 0.0871. The zero-order valence-corrected chi connectivity index (χ0v) is 87.3. The van der Waals surface area contributed by atoms with Crippen LogP contribution < -0.4 is 498 Å². The Balaban J connectivity index is -0.00000000126. The summed E-state index contributed by atoms with van der Waals surface area (Å²) in [5, 5.41) is 71.7. The summed E-state index contributed by atoms with van der Waals surface area (Å²) in [7, 11) is 0. The van der Waals surface area contributed by atoms with Gasteiger partial charge in [0.2, 0.25) is 0 Å². The molecule has 69 heavy (non-hydrogen) atoms. The van der Waals surface area contributed by atoms with Crippen LogP contribution in [0, 0.1) is 0 Å². The maximum absolute atomic E-state index is 8.64. The average molecular weight is 1590 g/mol. The predicted octanol–water partition coefficient (Wildman–Crippen LogP) is -77.8. The first-order valence-corrected chi connectivity index (χ1v) is 4.19. The van der Waals surface area contributed by atoms with Crippen molar-refractivity contribution < 1.29 is 584 Å². The van der Waals surface area contributed by atoms with Crippen LogP contribution in [0.5, 0.6) is 0 Å². The Morgan fingerprint density at radius 3 is 0.522 bits per heavy atom. The van der Waals surface area contributed by atoms with Gasteiger partial charge in [-0.3, -0.25) is 29.4 Å². The van der Waals surface area contributed by atoms with Gasteiger partial charge in [-0.25, -0.2) is 5.26 Å². The van der Waals surface area contributed by atoms with Crippen LogP contribution in [-0.2, 0) is 48.2 Å². The first-order valence-electron chi connectivity index (χ1n) is 4.19. The summed E-state index contributed by atoms with van der Waals surface area (Å²) in [5.74, 6) is 0. The molecular formula is C13H31Ca8Cl12Na12O24+4. The van der Waals surface area contributed by atoms with E-state index in [1.165, 1.54) is 0 Å². The van der Waals surface area contributed by atoms with Crippen molar-refractivity contribution in [1.29, 1.82) is 0 Å². The molecule has 0 aromatic heterocycles. The first kappa shape index (κ1) is 426. The Morgan fingerprint density at radius 2 is 0.522 bits per heavy atom. The molecule has 0 unspecified atom stereocenters. The van der Waals surface area contributed by atoms with E-state index in [9.17, 15) is 0 Å². The van der Waals surface area contributed by atoms with Gasteiger partial charge in [0, 0.05) is 36.0 Å². The molecule has 0 aliphatic heterocycles. The van der Waals surface area contributed by atoms with Gasteiger partial charge in [-0.1, -0.05) is 43.6 Å². The number of rotatable bonds is 3. The fourth-order valence-corrected chi connectivity index (χ4v) is 0. The second kappa shape index (κ2) is 601. The molecule has 0 aromatic carbocycles. The van der Waals surface area contributed by atoms with E-state index in [4.69, 9.17) is 84.8 Å². The maximum atomic E-state index is 8.64. The number of hydrogen-bond donors (Lipinski definition) is 2. The normalized spacial score (nSPS) is 1.84. The molecule has 0 aromatic rings. The SMILES string of the molecule is C.C.C.C.C.Cl.O=C([O-])[O-].O=CO[O-].O=CO[O-].O=C[O-].O=[C+][O-].O=[C+][O-].O=[C-]O.O=[C-]OO.[Ca+2].[Ca+2].[Ca+2].[Ca+2].[Ca+2].[Ca+2].[Ca+2].[Ca+2].[Cl-].[Cl-].[Cl-].[Cl-].[Cl-].[Cl-].[Cl-].[Cl-].[Cl-].[Cl-].[Cl-].[H-].[Na+].[Na+].[Na+].[Na+].[Na+].[Na+].[Na+].[Na+].[Na+].[Na+].[Na+].[Na].[OH-].[OH-].[OH-].[OH-]. The van der Waals surface area contributed by atoms with Gasteiger partial charge < -0.3 is 225 Å². The van der Waals surface area contributed by atoms with Crippen molar-refractivity contribution in [2.24, 2.45) is 0 Å². The molecule has 335 valence electrons. The Kier molecular flexibility index (Phi) is 3720. The van der Waals surface area contributed by atoms with E-state index in [0.717, 1.165) is 6.47 Å². The molecule has 0 aliphatic rings. The minimum absolute atomic E-state index is 0. The molecule has 0 bridgehead atoms. The summed E-state index contributed by atoms with van der Waals surface area (Å²) >= 11 is 0. The summed E-state index contributed by atoms with van der Waals surface area (Å²) in [6.45, 7) is 0.875. The summed E-state index contributed by atoms with van der Waals surface area (Å²) in [5.41, 5.74) is 0. The molecule has 0 amide bonds. The van der Waals surface area contributed by atoms with Gasteiger partial charge in [0.25, 0.3) is 12.9 Å². The van der Waals surface area contributed by atoms with Gasteiger partial charge in [-0.15, -0.1) is 12.4 Å². The third-order valence-corrected chi connectivity index (χ3v) is 0.116. The topological polar surface area (TPSA) is 486 Å². The second-order valence-corrected chi connectivity index (χ2v) is 1.16. The number of carbonyl (C=O) groups excluding carboxylic acids is 7. The van der Waals surface area contributed by atoms with E-state index in [1.54, 1.807) is 0 Å². The molecule has 0 fully saturated rings. The maximum Gasteiger partial charge on any atom is 2.00 e. The van der Waals surface area contributed by atoms with Crippen molar-refractivity contribution in [2.45, 2.75) is 37.1 Å². The van der Waals surface area contributed by atoms with Crippen LogP contribution in [0.25, 0.3) is 0 Å². The van der Waals surface area contributed by atoms with Crippen LogP contribution >= 0.6 is 12.4 Å². The molecule has 0 atom stereocenters. The van der Waals surface area contributed by atoms with Crippen LogP contribution in [0.1, 0.15) is 38.6 Å². The summed E-state index contributed by atoms with van der Waals surface area (Å²) in [6, 6.07) is 0. The van der Waals surface area contributed by atoms with Gasteiger partial charge >= 0.3 is 640 Å². The summed E-state index contributed by atoms with van der Waals surface area (Å²) in [6.07, 6.45) is -2.33. The minimum Gasteiger partial charge on any atom is -1.00 e. The first-order chi connectivity index (χ1) is 13.1. The largest absolute Gasteiger partial charge is 2.00 e. The zero-order chi connectivity index (χ0) is 24.6. The molecule has 0 spiro atoms. The Morgan fingerprint density at radius 1 is 0.493 bits per heavy atom. The van der Waals surface area contributed by atoms with Gasteiger partial charge in [0.1, 0.15) is 0 Å². The molecule has 0 saturated carbocycles. The van der Waals surface area contributed by atoms with Crippen LogP contribution in [0.4, 0.5) is 4.79 Å². The van der Waals surface area contributed by atoms with E-state index >= 15 is 0 Å². The number of carboxylic acid groups (broad SMARTS) is 3. The fourth-order valence-electron chi connectivity index (χ4n) is 0. The molecule has 1 radical (unpaired) electrons. The number of carbonyl (C=O) groups is 4. The van der Waals surface area contributed by atoms with Crippen molar-refractivity contribution in [2.75, 3.05) is 0 Å². The average Bonchev–Trinajstić information content (AvgIpc) is 2.64. The molecule has 6 N–H and O–H groups in total. The monoisotopic (exact) mass is 1590 g/mol. The van der Waals surface area contributed by atoms with Crippen LogP contribution in [0.2, 0.25) is 0 Å². The molecule has 0 saturated heterocycles. The van der Waals surface area contributed by atoms with E-state index in [-0.39, 0.29) is 892 Å². The standard InChI is InChI=1S/2CH2O3.CHO3.CH2O3.CH2O2.CHO2.2CO2.5CH4.8Ca.12ClH.12Na.4H2O.H/c3*2-1-4-3;2-1(3)4;4*2-1-3;;;;;;;;;;;;;;;;;;;;;;;;;;;;;;;;;;;;;;;;;;/h2*1,3H;3H;(H2,2,3,4);1H,(H,2,3);(H,2,3);;;5*1H4;;;;;;;;;12*1H;;;;;;;;;;;;;4*1H2;/q;;-1;;;-1;;;;;;;;8*+2;;;;;;;;;;;;;;11*+1;;;;;-1/p-20. The zero-order valence-electron chi connectivity index (χ0n) is 37.5. The fraction of sp³-hybridized carbons (Fsp3) is 0.385. The second-order valence-electron chi connectivity index (χ2n) is 1.16. The van der Waals surface area contributed by atoms with E-state index in [2.05, 4.69) is 14.7 Å². The van der Waals surface area contributed by atoms with Crippen molar-refractivity contribution in [3.8, 4) is 0 Å². The molecule has 0 heterocycles. The van der Waals surface area contributed by atoms with E-state index < -0.39 is 12.6 Å². The van der Waals surface area contributed by atoms with Gasteiger partial charge in [0.15, 0.2) is 0 Å². The van der Waals surface area contributed by atoms with Gasteiger partial charge in [0.05, 0.1) is 0 Å². The Labute approximate surface area is 988 Å². The molecule has 56 heteroatoms. The van der Waals surface area contributed by atoms with E-state index in [0.29, 0.717) is 6.47 Å². The third kappa shape index (κ3) is 1190. The van der Waals surface area contributed by atoms with E-state index in [1.807, 2.05) is 0 Å². The molecular weight excluding hydrogens is 1560 g/mol. The molecule has 0 aliphatic carbocycles. The Hall–Kier alpha value is 20.7. The van der Waals surface area contributed by atoms with Gasteiger partial charge in [-0.05, 0) is 12.6 Å². The minimum atomic E-state index is -2.33. The number of hydrogen-bond acceptors (Lipinski definition) is 23. The summed E-state index contributed by atoms with van der Waals surface area (Å²) in [4.78, 5) is 74.9. The predicted molar refractivity (Wildman–Crippen MR) is 156 cm³/mol. The van der Waals surface area contributed by atoms with Crippen LogP contribution in [0.3, 0.4) is 0 Å². The number of halogens is 12. The van der Waals surface area contributed by atoms with Gasteiger partial charge in [-0.2, -0.15) is 0 Å². The van der Waals surface area contributed by atoms with Crippen molar-refractivity contribution in [1.82, 2.24) is 0 Å².